The fraction of sp³-hybridized carbons (Fsp3) is 0.0769. The van der Waals surface area contributed by atoms with E-state index in [0.717, 1.165) is 4.31 Å². The lowest BCUT2D eigenvalue weighted by Crippen LogP contribution is -2.26. The van der Waals surface area contributed by atoms with Crippen LogP contribution >= 0.6 is 11.6 Å². The summed E-state index contributed by atoms with van der Waals surface area (Å²) in [5.41, 5.74) is 0.790. The molecule has 0 fully saturated rings. The van der Waals surface area contributed by atoms with E-state index in [9.17, 15) is 8.42 Å². The monoisotopic (exact) mass is 307 g/mol. The maximum Gasteiger partial charge on any atom is 0.265 e. The highest BCUT2D eigenvalue weighted by Crippen LogP contribution is 2.22. The van der Waals surface area contributed by atoms with Crippen LogP contribution in [0.3, 0.4) is 0 Å². The highest BCUT2D eigenvalue weighted by atomic mass is 35.5. The van der Waals surface area contributed by atoms with Crippen LogP contribution in [0.4, 0.5) is 5.69 Å². The zero-order valence-electron chi connectivity index (χ0n) is 10.5. The second kappa shape index (κ2) is 5.49. The molecule has 0 N–H and O–H groups in total. The zero-order chi connectivity index (χ0) is 14.8. The summed E-state index contributed by atoms with van der Waals surface area (Å²) in [4.78, 5) is 3.80. The molecule has 0 amide bonds. The molecular weight excluding hydrogens is 298 g/mol. The van der Waals surface area contributed by atoms with Gasteiger partial charge < -0.3 is 0 Å². The summed E-state index contributed by atoms with van der Waals surface area (Å²) in [5, 5.41) is 9.07. The largest absolute Gasteiger partial charge is 0.269 e. The summed E-state index contributed by atoms with van der Waals surface area (Å²) < 4.78 is 25.9. The predicted molar refractivity (Wildman–Crippen MR) is 76.0 cm³/mol. The Kier molecular flexibility index (Phi) is 3.93. The summed E-state index contributed by atoms with van der Waals surface area (Å²) >= 11 is 5.64. The zero-order valence-corrected chi connectivity index (χ0v) is 12.1. The Morgan fingerprint density at radius 2 is 2.05 bits per heavy atom. The van der Waals surface area contributed by atoms with E-state index >= 15 is 0 Å². The summed E-state index contributed by atoms with van der Waals surface area (Å²) in [6.07, 6.45) is 1.20. The molecule has 0 unspecified atom stereocenters. The molecule has 0 saturated heterocycles. The third-order valence-corrected chi connectivity index (χ3v) is 4.69. The summed E-state index contributed by atoms with van der Waals surface area (Å²) in [6.45, 7) is 0. The lowest BCUT2D eigenvalue weighted by molar-refractivity contribution is 0.594. The van der Waals surface area contributed by atoms with Gasteiger partial charge in [0.1, 0.15) is 10.0 Å². The Morgan fingerprint density at radius 3 is 2.65 bits per heavy atom. The number of pyridine rings is 1. The van der Waals surface area contributed by atoms with E-state index in [0.29, 0.717) is 11.3 Å². The molecule has 0 aliphatic heterocycles. The van der Waals surface area contributed by atoms with Gasteiger partial charge in [0.25, 0.3) is 10.0 Å². The van der Waals surface area contributed by atoms with Crippen molar-refractivity contribution >= 4 is 27.3 Å². The van der Waals surface area contributed by atoms with Crippen molar-refractivity contribution in [2.75, 3.05) is 11.4 Å². The maximum atomic E-state index is 12.4. The van der Waals surface area contributed by atoms with Crippen LogP contribution in [0.5, 0.6) is 0 Å². The minimum Gasteiger partial charge on any atom is -0.269 e. The van der Waals surface area contributed by atoms with Gasteiger partial charge in [-0.15, -0.1) is 0 Å². The number of nitriles is 1. The smallest absolute Gasteiger partial charge is 0.265 e. The van der Waals surface area contributed by atoms with Gasteiger partial charge in [0.15, 0.2) is 0 Å². The first kappa shape index (κ1) is 14.3. The minimum absolute atomic E-state index is 0.0340. The Morgan fingerprint density at radius 1 is 1.30 bits per heavy atom. The number of sulfonamides is 1. The highest BCUT2D eigenvalue weighted by molar-refractivity contribution is 7.92. The van der Waals surface area contributed by atoms with Gasteiger partial charge in [-0.05, 0) is 30.3 Å². The molecule has 1 heterocycles. The van der Waals surface area contributed by atoms with Crippen LogP contribution in [0, 0.1) is 11.3 Å². The molecule has 0 aliphatic carbocycles. The topological polar surface area (TPSA) is 74.1 Å². The molecule has 5 nitrogen and oxygen atoms in total. The number of halogens is 1. The average Bonchev–Trinajstić information content (AvgIpc) is 2.47. The quantitative estimate of drug-likeness (QED) is 0.816. The summed E-state index contributed by atoms with van der Waals surface area (Å²) in [6, 6.07) is 11.1. The number of hydrogen-bond acceptors (Lipinski definition) is 4. The van der Waals surface area contributed by atoms with Crippen molar-refractivity contribution in [3.8, 4) is 6.07 Å². The molecule has 7 heteroatoms. The van der Waals surface area contributed by atoms with Crippen molar-refractivity contribution < 1.29 is 8.42 Å². The van der Waals surface area contributed by atoms with Crippen LogP contribution in [0.2, 0.25) is 5.15 Å². The van der Waals surface area contributed by atoms with E-state index in [1.54, 1.807) is 18.2 Å². The van der Waals surface area contributed by atoms with Gasteiger partial charge in [-0.2, -0.15) is 5.26 Å². The third kappa shape index (κ3) is 2.74. The number of nitrogens with zero attached hydrogens (tertiary/aromatic N) is 3. The molecule has 0 radical (unpaired) electrons. The predicted octanol–water partition coefficient (Wildman–Crippen LogP) is 2.43. The molecule has 1 aromatic carbocycles. The van der Waals surface area contributed by atoms with Crippen LogP contribution < -0.4 is 4.31 Å². The van der Waals surface area contributed by atoms with Gasteiger partial charge >= 0.3 is 0 Å². The third-order valence-electron chi connectivity index (χ3n) is 2.70. The minimum atomic E-state index is -3.73. The van der Waals surface area contributed by atoms with Crippen LogP contribution in [0.15, 0.2) is 47.5 Å². The Labute approximate surface area is 122 Å². The van der Waals surface area contributed by atoms with E-state index in [4.69, 9.17) is 16.9 Å². The van der Waals surface area contributed by atoms with Gasteiger partial charge in [0.2, 0.25) is 0 Å². The van der Waals surface area contributed by atoms with Gasteiger partial charge in [-0.25, -0.2) is 13.4 Å². The first-order chi connectivity index (χ1) is 9.45. The Bertz CT molecular complexity index is 767. The fourth-order valence-corrected chi connectivity index (χ4v) is 2.83. The first-order valence-electron chi connectivity index (χ1n) is 5.56. The first-order valence-corrected chi connectivity index (χ1v) is 7.37. The van der Waals surface area contributed by atoms with E-state index < -0.39 is 10.0 Å². The molecular formula is C13H10ClN3O2S. The van der Waals surface area contributed by atoms with Crippen LogP contribution in [-0.2, 0) is 10.0 Å². The maximum absolute atomic E-state index is 12.4. The van der Waals surface area contributed by atoms with Gasteiger partial charge in [-0.1, -0.05) is 17.7 Å². The number of anilines is 1. The van der Waals surface area contributed by atoms with Crippen LogP contribution in [-0.4, -0.2) is 20.4 Å². The molecule has 2 aromatic rings. The number of benzene rings is 1. The van der Waals surface area contributed by atoms with Crippen molar-refractivity contribution in [1.82, 2.24) is 4.98 Å². The SMILES string of the molecule is CN(c1cccc(C#N)c1)S(=O)(=O)c1ccc(Cl)nc1. The molecule has 0 aliphatic rings. The van der Waals surface area contributed by atoms with Gasteiger partial charge in [0, 0.05) is 13.2 Å². The Balaban J connectivity index is 2.43. The summed E-state index contributed by atoms with van der Waals surface area (Å²) in [5.74, 6) is 0. The van der Waals surface area contributed by atoms with Gasteiger partial charge in [0.05, 0.1) is 17.3 Å². The molecule has 0 bridgehead atoms. The van der Waals surface area contributed by atoms with Crippen molar-refractivity contribution in [3.05, 3.63) is 53.3 Å². The summed E-state index contributed by atoms with van der Waals surface area (Å²) in [7, 11) is -2.31. The lowest BCUT2D eigenvalue weighted by Gasteiger charge is -2.19. The van der Waals surface area contributed by atoms with E-state index in [1.807, 2.05) is 6.07 Å². The Hall–Kier alpha value is -2.10. The molecule has 0 spiro atoms. The number of rotatable bonds is 3. The van der Waals surface area contributed by atoms with E-state index in [-0.39, 0.29) is 10.0 Å². The van der Waals surface area contributed by atoms with E-state index in [1.165, 1.54) is 31.4 Å². The molecule has 0 atom stereocenters. The number of hydrogen-bond donors (Lipinski definition) is 0. The van der Waals surface area contributed by atoms with Crippen molar-refractivity contribution in [3.63, 3.8) is 0 Å². The van der Waals surface area contributed by atoms with Crippen LogP contribution in [0.1, 0.15) is 5.56 Å². The van der Waals surface area contributed by atoms with Crippen molar-refractivity contribution in [2.45, 2.75) is 4.90 Å². The molecule has 1 aromatic heterocycles. The standard InChI is InChI=1S/C13H10ClN3O2S/c1-17(11-4-2-3-10(7-11)8-15)20(18,19)12-5-6-13(14)16-9-12/h2-7,9H,1H3. The molecule has 20 heavy (non-hydrogen) atoms. The second-order valence-corrected chi connectivity index (χ2v) is 6.31. The molecule has 102 valence electrons. The molecule has 0 saturated carbocycles. The van der Waals surface area contributed by atoms with E-state index in [2.05, 4.69) is 4.98 Å². The normalized spacial score (nSPS) is 10.8. The van der Waals surface area contributed by atoms with Crippen molar-refractivity contribution in [2.24, 2.45) is 0 Å². The molecule has 2 rings (SSSR count). The highest BCUT2D eigenvalue weighted by Gasteiger charge is 2.21. The number of aromatic nitrogens is 1. The second-order valence-electron chi connectivity index (χ2n) is 3.95. The fourth-order valence-electron chi connectivity index (χ4n) is 1.58. The average molecular weight is 308 g/mol. The van der Waals surface area contributed by atoms with Crippen LogP contribution in [0.25, 0.3) is 0 Å². The lowest BCUT2D eigenvalue weighted by atomic mass is 10.2. The van der Waals surface area contributed by atoms with Gasteiger partial charge in [-0.3, -0.25) is 4.31 Å². The van der Waals surface area contributed by atoms with Crippen molar-refractivity contribution in [1.29, 1.82) is 5.26 Å².